The van der Waals surface area contributed by atoms with Crippen LogP contribution in [0.5, 0.6) is 5.75 Å². The first-order valence-corrected chi connectivity index (χ1v) is 7.90. The molecule has 1 saturated heterocycles. The zero-order valence-corrected chi connectivity index (χ0v) is 12.3. The van der Waals surface area contributed by atoms with E-state index >= 15 is 0 Å². The first kappa shape index (κ1) is 14.4. The lowest BCUT2D eigenvalue weighted by molar-refractivity contribution is -0.131. The number of β-amino-alcohol motifs (C(OH)–C–C–N with tert-alkyl or cyclic N) is 1. The van der Waals surface area contributed by atoms with E-state index in [0.717, 1.165) is 5.75 Å². The molecular weight excluding hydrogens is 266 g/mol. The van der Waals surface area contributed by atoms with Gasteiger partial charge >= 0.3 is 0 Å². The topological polar surface area (TPSA) is 49.8 Å². The highest BCUT2D eigenvalue weighted by Crippen LogP contribution is 2.29. The van der Waals surface area contributed by atoms with E-state index in [1.54, 1.807) is 4.90 Å². The smallest absolute Gasteiger partial charge is 0.223 e. The van der Waals surface area contributed by atoms with Crippen molar-refractivity contribution in [2.24, 2.45) is 5.92 Å². The summed E-state index contributed by atoms with van der Waals surface area (Å²) in [4.78, 5) is 14.1. The molecule has 2 fully saturated rings. The van der Waals surface area contributed by atoms with E-state index in [9.17, 15) is 9.90 Å². The molecule has 0 aromatic heterocycles. The van der Waals surface area contributed by atoms with Crippen LogP contribution >= 0.6 is 0 Å². The lowest BCUT2D eigenvalue weighted by Crippen LogP contribution is -2.32. The highest BCUT2D eigenvalue weighted by molar-refractivity contribution is 5.77. The summed E-state index contributed by atoms with van der Waals surface area (Å²) < 4.78 is 5.79. The van der Waals surface area contributed by atoms with Crippen molar-refractivity contribution in [1.82, 2.24) is 4.90 Å². The third-order valence-electron chi connectivity index (χ3n) is 4.56. The van der Waals surface area contributed by atoms with Crippen molar-refractivity contribution in [3.05, 3.63) is 30.3 Å². The van der Waals surface area contributed by atoms with Crippen molar-refractivity contribution in [3.63, 3.8) is 0 Å². The van der Waals surface area contributed by atoms with Crippen molar-refractivity contribution in [3.8, 4) is 5.75 Å². The quantitative estimate of drug-likeness (QED) is 0.924. The molecule has 4 nitrogen and oxygen atoms in total. The molecule has 114 valence electrons. The van der Waals surface area contributed by atoms with Gasteiger partial charge in [0.2, 0.25) is 5.91 Å². The molecule has 1 aliphatic carbocycles. The molecule has 4 heteroatoms. The van der Waals surface area contributed by atoms with Gasteiger partial charge in [0, 0.05) is 6.42 Å². The second-order valence-corrected chi connectivity index (χ2v) is 6.19. The van der Waals surface area contributed by atoms with Gasteiger partial charge in [0.1, 0.15) is 18.0 Å². The molecule has 1 aromatic carbocycles. The number of ether oxygens (including phenoxy) is 1. The molecule has 0 radical (unpaired) electrons. The van der Waals surface area contributed by atoms with Gasteiger partial charge in [-0.25, -0.2) is 0 Å². The Morgan fingerprint density at radius 3 is 2.62 bits per heavy atom. The van der Waals surface area contributed by atoms with Crippen molar-refractivity contribution >= 4 is 5.91 Å². The summed E-state index contributed by atoms with van der Waals surface area (Å²) in [6, 6.07) is 9.47. The number of benzene rings is 1. The van der Waals surface area contributed by atoms with Crippen LogP contribution in [0.1, 0.15) is 32.1 Å². The lowest BCUT2D eigenvalue weighted by atomic mass is 10.0. The van der Waals surface area contributed by atoms with Gasteiger partial charge in [0.15, 0.2) is 0 Å². The van der Waals surface area contributed by atoms with Crippen LogP contribution in [0.4, 0.5) is 0 Å². The first-order chi connectivity index (χ1) is 10.2. The molecule has 1 saturated carbocycles. The van der Waals surface area contributed by atoms with Gasteiger partial charge in [-0.2, -0.15) is 0 Å². The van der Waals surface area contributed by atoms with Gasteiger partial charge < -0.3 is 14.7 Å². The standard InChI is InChI=1S/C17H23NO3/c19-15-11-18(17(20)10-13-6-4-5-7-13)12-16(15)21-14-8-2-1-3-9-14/h1-3,8-9,13,15-16,19H,4-7,10-12H2/t15-,16-/m1/s1. The fourth-order valence-electron chi connectivity index (χ4n) is 3.34. The van der Waals surface area contributed by atoms with E-state index in [4.69, 9.17) is 4.74 Å². The largest absolute Gasteiger partial charge is 0.486 e. The molecular formula is C17H23NO3. The van der Waals surface area contributed by atoms with Gasteiger partial charge in [0.25, 0.3) is 0 Å². The Balaban J connectivity index is 1.54. The second-order valence-electron chi connectivity index (χ2n) is 6.19. The Morgan fingerprint density at radius 1 is 1.19 bits per heavy atom. The molecule has 1 aromatic rings. The fourth-order valence-corrected chi connectivity index (χ4v) is 3.34. The van der Waals surface area contributed by atoms with Crippen LogP contribution in [0.25, 0.3) is 0 Å². The summed E-state index contributed by atoms with van der Waals surface area (Å²) in [7, 11) is 0. The molecule has 3 rings (SSSR count). The van der Waals surface area contributed by atoms with Crippen molar-refractivity contribution in [1.29, 1.82) is 0 Å². The minimum Gasteiger partial charge on any atom is -0.486 e. The van der Waals surface area contributed by atoms with Crippen LogP contribution in [0.2, 0.25) is 0 Å². The molecule has 2 aliphatic rings. The number of carbonyl (C=O) groups excluding carboxylic acids is 1. The van der Waals surface area contributed by atoms with Crippen molar-refractivity contribution in [2.45, 2.75) is 44.3 Å². The third kappa shape index (κ3) is 3.56. The lowest BCUT2D eigenvalue weighted by Gasteiger charge is -2.18. The summed E-state index contributed by atoms with van der Waals surface area (Å²) in [5.74, 6) is 1.45. The summed E-state index contributed by atoms with van der Waals surface area (Å²) in [5, 5.41) is 10.1. The molecule has 2 atom stereocenters. The van der Waals surface area contributed by atoms with Crippen molar-refractivity contribution < 1.29 is 14.6 Å². The maximum Gasteiger partial charge on any atom is 0.223 e. The van der Waals surface area contributed by atoms with Gasteiger partial charge in [0.05, 0.1) is 13.1 Å². The highest BCUT2D eigenvalue weighted by atomic mass is 16.5. The van der Waals surface area contributed by atoms with E-state index in [0.29, 0.717) is 25.4 Å². The predicted octanol–water partition coefficient (Wildman–Crippen LogP) is 2.22. The van der Waals surface area contributed by atoms with Gasteiger partial charge in [-0.3, -0.25) is 4.79 Å². The predicted molar refractivity (Wildman–Crippen MR) is 80.0 cm³/mol. The number of hydrogen-bond acceptors (Lipinski definition) is 3. The zero-order valence-electron chi connectivity index (χ0n) is 12.3. The summed E-state index contributed by atoms with van der Waals surface area (Å²) in [6.07, 6.45) is 4.56. The number of amides is 1. The number of carbonyl (C=O) groups is 1. The number of aliphatic hydroxyl groups is 1. The Hall–Kier alpha value is -1.55. The molecule has 21 heavy (non-hydrogen) atoms. The maximum atomic E-state index is 12.3. The Morgan fingerprint density at radius 2 is 1.90 bits per heavy atom. The third-order valence-corrected chi connectivity index (χ3v) is 4.56. The van der Waals surface area contributed by atoms with E-state index < -0.39 is 6.10 Å². The van der Waals surface area contributed by atoms with Gasteiger partial charge in [-0.1, -0.05) is 31.0 Å². The number of nitrogens with zero attached hydrogens (tertiary/aromatic N) is 1. The zero-order chi connectivity index (χ0) is 14.7. The summed E-state index contributed by atoms with van der Waals surface area (Å²) >= 11 is 0. The monoisotopic (exact) mass is 289 g/mol. The number of para-hydroxylation sites is 1. The Labute approximate surface area is 125 Å². The van der Waals surface area contributed by atoms with Crippen LogP contribution in [0.3, 0.4) is 0 Å². The van der Waals surface area contributed by atoms with Gasteiger partial charge in [-0.15, -0.1) is 0 Å². The van der Waals surface area contributed by atoms with E-state index in [1.165, 1.54) is 25.7 Å². The number of aliphatic hydroxyl groups excluding tert-OH is 1. The molecule has 1 amide bonds. The number of likely N-dealkylation sites (tertiary alicyclic amines) is 1. The number of hydrogen-bond donors (Lipinski definition) is 1. The number of rotatable bonds is 4. The van der Waals surface area contributed by atoms with E-state index in [-0.39, 0.29) is 12.0 Å². The highest BCUT2D eigenvalue weighted by Gasteiger charge is 2.36. The molecule has 0 bridgehead atoms. The first-order valence-electron chi connectivity index (χ1n) is 7.90. The summed E-state index contributed by atoms with van der Waals surface area (Å²) in [5.41, 5.74) is 0. The minimum absolute atomic E-state index is 0.167. The van der Waals surface area contributed by atoms with Gasteiger partial charge in [-0.05, 0) is 30.9 Å². The van der Waals surface area contributed by atoms with Crippen LogP contribution in [-0.4, -0.2) is 41.2 Å². The van der Waals surface area contributed by atoms with Crippen molar-refractivity contribution in [2.75, 3.05) is 13.1 Å². The molecule has 1 N–H and O–H groups in total. The fraction of sp³-hybridized carbons (Fsp3) is 0.588. The van der Waals surface area contributed by atoms with Crippen LogP contribution < -0.4 is 4.74 Å². The average Bonchev–Trinajstić information content (AvgIpc) is 3.11. The summed E-state index contributed by atoms with van der Waals surface area (Å²) in [6.45, 7) is 0.880. The van der Waals surface area contributed by atoms with Crippen LogP contribution in [-0.2, 0) is 4.79 Å². The van der Waals surface area contributed by atoms with Crippen LogP contribution in [0.15, 0.2) is 30.3 Å². The maximum absolute atomic E-state index is 12.3. The molecule has 0 spiro atoms. The Kier molecular flexibility index (Phi) is 4.44. The van der Waals surface area contributed by atoms with E-state index in [1.807, 2.05) is 30.3 Å². The molecule has 0 unspecified atom stereocenters. The average molecular weight is 289 g/mol. The SMILES string of the molecule is O=C(CC1CCCC1)N1C[C@@H](O)[C@H](Oc2ccccc2)C1. The molecule has 1 aliphatic heterocycles. The second kappa shape index (κ2) is 6.48. The minimum atomic E-state index is -0.599. The normalized spacial score (nSPS) is 26.2. The van der Waals surface area contributed by atoms with E-state index in [2.05, 4.69) is 0 Å². The Bertz CT molecular complexity index is 470. The molecule has 1 heterocycles. The van der Waals surface area contributed by atoms with Crippen LogP contribution in [0, 0.1) is 5.92 Å².